The van der Waals surface area contributed by atoms with Gasteiger partial charge in [-0.05, 0) is 49.5 Å². The highest BCUT2D eigenvalue weighted by molar-refractivity contribution is 7.98. The molecule has 1 rings (SSSR count). The number of benzene rings is 1. The van der Waals surface area contributed by atoms with Gasteiger partial charge in [-0.25, -0.2) is 4.99 Å². The molecule has 0 radical (unpaired) electrons. The van der Waals surface area contributed by atoms with Gasteiger partial charge in [0.15, 0.2) is 5.96 Å². The molecule has 0 fully saturated rings. The van der Waals surface area contributed by atoms with Gasteiger partial charge >= 0.3 is 0 Å². The van der Waals surface area contributed by atoms with Crippen molar-refractivity contribution >= 4 is 17.7 Å². The maximum atomic E-state index is 9.24. The largest absolute Gasteiger partial charge is 0.508 e. The molecule has 0 amide bonds. The van der Waals surface area contributed by atoms with Crippen LogP contribution in [0.1, 0.15) is 25.3 Å². The fourth-order valence-corrected chi connectivity index (χ4v) is 2.18. The monoisotopic (exact) mass is 295 g/mol. The average molecular weight is 295 g/mol. The number of rotatable bonds is 8. The van der Waals surface area contributed by atoms with Crippen LogP contribution in [0, 0.1) is 0 Å². The molecule has 0 aliphatic heterocycles. The number of hydrogen-bond acceptors (Lipinski definition) is 3. The summed E-state index contributed by atoms with van der Waals surface area (Å²) in [6.45, 7) is 4.47. The van der Waals surface area contributed by atoms with Crippen molar-refractivity contribution in [2.24, 2.45) is 4.99 Å². The lowest BCUT2D eigenvalue weighted by Crippen LogP contribution is -2.37. The van der Waals surface area contributed by atoms with Crippen molar-refractivity contribution in [3.05, 3.63) is 29.8 Å². The Bertz CT molecular complexity index is 393. The van der Waals surface area contributed by atoms with Crippen LogP contribution in [-0.4, -0.2) is 36.2 Å². The Morgan fingerprint density at radius 1 is 1.20 bits per heavy atom. The van der Waals surface area contributed by atoms with Crippen molar-refractivity contribution in [2.45, 2.75) is 26.3 Å². The van der Waals surface area contributed by atoms with Gasteiger partial charge < -0.3 is 15.7 Å². The van der Waals surface area contributed by atoms with Crippen LogP contribution in [0.25, 0.3) is 0 Å². The molecule has 5 heteroatoms. The highest BCUT2D eigenvalue weighted by Crippen LogP contribution is 2.10. The standard InChI is InChI=1S/C15H25N3OS/c1-3-16-15(17-10-4-5-11-20-2)18-12-13-6-8-14(19)9-7-13/h6-9,19H,3-5,10-12H2,1-2H3,(H2,16,17,18). The predicted molar refractivity (Wildman–Crippen MR) is 88.5 cm³/mol. The first-order valence-electron chi connectivity index (χ1n) is 7.05. The Labute approximate surface area is 126 Å². The van der Waals surface area contributed by atoms with Crippen LogP contribution in [0.15, 0.2) is 29.3 Å². The summed E-state index contributed by atoms with van der Waals surface area (Å²) in [5, 5.41) is 15.8. The van der Waals surface area contributed by atoms with Gasteiger partial charge in [0.25, 0.3) is 0 Å². The third-order valence-corrected chi connectivity index (χ3v) is 3.46. The van der Waals surface area contributed by atoms with E-state index in [1.807, 2.05) is 23.9 Å². The van der Waals surface area contributed by atoms with Crippen LogP contribution >= 0.6 is 11.8 Å². The van der Waals surface area contributed by atoms with Crippen LogP contribution in [0.4, 0.5) is 0 Å². The predicted octanol–water partition coefficient (Wildman–Crippen LogP) is 2.59. The molecular formula is C15H25N3OS. The van der Waals surface area contributed by atoms with Crippen molar-refractivity contribution in [2.75, 3.05) is 25.1 Å². The minimum atomic E-state index is 0.288. The third-order valence-electron chi connectivity index (χ3n) is 2.77. The minimum Gasteiger partial charge on any atom is -0.508 e. The van der Waals surface area contributed by atoms with E-state index >= 15 is 0 Å². The Hall–Kier alpha value is -1.36. The smallest absolute Gasteiger partial charge is 0.191 e. The summed E-state index contributed by atoms with van der Waals surface area (Å²) in [5.41, 5.74) is 1.09. The Balaban J connectivity index is 2.39. The van der Waals surface area contributed by atoms with E-state index in [9.17, 15) is 5.11 Å². The molecule has 0 heterocycles. The number of aliphatic imine (C=N–C) groups is 1. The summed E-state index contributed by atoms with van der Waals surface area (Å²) < 4.78 is 0. The van der Waals surface area contributed by atoms with Crippen LogP contribution in [0.3, 0.4) is 0 Å². The summed E-state index contributed by atoms with van der Waals surface area (Å²) in [6, 6.07) is 7.16. The van der Waals surface area contributed by atoms with Crippen molar-refractivity contribution in [1.82, 2.24) is 10.6 Å². The second-order valence-electron chi connectivity index (χ2n) is 4.49. The number of phenolic OH excluding ortho intramolecular Hbond substituents is 1. The highest BCUT2D eigenvalue weighted by Gasteiger charge is 1.97. The molecule has 0 aliphatic carbocycles. The maximum absolute atomic E-state index is 9.24. The van der Waals surface area contributed by atoms with Crippen molar-refractivity contribution in [3.8, 4) is 5.75 Å². The Morgan fingerprint density at radius 3 is 2.60 bits per heavy atom. The van der Waals surface area contributed by atoms with Gasteiger partial charge in [-0.2, -0.15) is 11.8 Å². The number of nitrogens with one attached hydrogen (secondary N) is 2. The van der Waals surface area contributed by atoms with Crippen LogP contribution < -0.4 is 10.6 Å². The molecule has 0 saturated carbocycles. The summed E-state index contributed by atoms with van der Waals surface area (Å²) in [6.07, 6.45) is 4.52. The molecule has 0 aromatic heterocycles. The normalized spacial score (nSPS) is 11.4. The number of phenols is 1. The molecule has 112 valence electrons. The van der Waals surface area contributed by atoms with Crippen molar-refractivity contribution < 1.29 is 5.11 Å². The van der Waals surface area contributed by atoms with E-state index in [1.54, 1.807) is 12.1 Å². The molecule has 3 N–H and O–H groups in total. The van der Waals surface area contributed by atoms with Crippen molar-refractivity contribution in [1.29, 1.82) is 0 Å². The van der Waals surface area contributed by atoms with Gasteiger partial charge in [0.05, 0.1) is 6.54 Å². The number of nitrogens with zero attached hydrogens (tertiary/aromatic N) is 1. The van der Waals surface area contributed by atoms with E-state index in [-0.39, 0.29) is 5.75 Å². The third kappa shape index (κ3) is 7.28. The van der Waals surface area contributed by atoms with E-state index < -0.39 is 0 Å². The highest BCUT2D eigenvalue weighted by atomic mass is 32.2. The van der Waals surface area contributed by atoms with Gasteiger partial charge in [-0.15, -0.1) is 0 Å². The van der Waals surface area contributed by atoms with E-state index in [4.69, 9.17) is 0 Å². The van der Waals surface area contributed by atoms with Crippen LogP contribution in [0.5, 0.6) is 5.75 Å². The quantitative estimate of drug-likeness (QED) is 0.392. The van der Waals surface area contributed by atoms with E-state index in [0.29, 0.717) is 6.54 Å². The second kappa shape index (κ2) is 10.4. The lowest BCUT2D eigenvalue weighted by Gasteiger charge is -2.11. The van der Waals surface area contributed by atoms with Crippen LogP contribution in [0.2, 0.25) is 0 Å². The SMILES string of the molecule is CCNC(=NCc1ccc(O)cc1)NCCCCSC. The summed E-state index contributed by atoms with van der Waals surface area (Å²) in [5.74, 6) is 2.35. The molecule has 20 heavy (non-hydrogen) atoms. The number of guanidine groups is 1. The van der Waals surface area contributed by atoms with E-state index in [2.05, 4.69) is 28.8 Å². The van der Waals surface area contributed by atoms with E-state index in [0.717, 1.165) is 31.0 Å². The number of aromatic hydroxyl groups is 1. The number of hydrogen-bond donors (Lipinski definition) is 3. The summed E-state index contributed by atoms with van der Waals surface area (Å²) in [7, 11) is 0. The minimum absolute atomic E-state index is 0.288. The number of thioether (sulfide) groups is 1. The Morgan fingerprint density at radius 2 is 1.95 bits per heavy atom. The molecule has 1 aromatic carbocycles. The van der Waals surface area contributed by atoms with Gasteiger partial charge in [0.2, 0.25) is 0 Å². The first kappa shape index (κ1) is 16.7. The number of unbranched alkanes of at least 4 members (excludes halogenated alkanes) is 1. The van der Waals surface area contributed by atoms with Gasteiger partial charge in [0, 0.05) is 13.1 Å². The van der Waals surface area contributed by atoms with Crippen LogP contribution in [-0.2, 0) is 6.54 Å². The summed E-state index contributed by atoms with van der Waals surface area (Å²) >= 11 is 1.89. The molecule has 1 aromatic rings. The topological polar surface area (TPSA) is 56.7 Å². The zero-order valence-electron chi connectivity index (χ0n) is 12.4. The Kier molecular flexibility index (Phi) is 8.71. The fraction of sp³-hybridized carbons (Fsp3) is 0.533. The zero-order valence-corrected chi connectivity index (χ0v) is 13.2. The lowest BCUT2D eigenvalue weighted by atomic mass is 10.2. The first-order valence-corrected chi connectivity index (χ1v) is 8.44. The molecule has 0 unspecified atom stereocenters. The van der Waals surface area contributed by atoms with Crippen molar-refractivity contribution in [3.63, 3.8) is 0 Å². The molecule has 0 spiro atoms. The van der Waals surface area contributed by atoms with Gasteiger partial charge in [-0.1, -0.05) is 12.1 Å². The molecular weight excluding hydrogens is 270 g/mol. The zero-order chi connectivity index (χ0) is 14.6. The van der Waals surface area contributed by atoms with E-state index in [1.165, 1.54) is 12.2 Å². The summed E-state index contributed by atoms with van der Waals surface area (Å²) in [4.78, 5) is 4.54. The average Bonchev–Trinajstić information content (AvgIpc) is 2.46. The fourth-order valence-electron chi connectivity index (χ4n) is 1.69. The maximum Gasteiger partial charge on any atom is 0.191 e. The van der Waals surface area contributed by atoms with Gasteiger partial charge in [0.1, 0.15) is 5.75 Å². The second-order valence-corrected chi connectivity index (χ2v) is 5.47. The molecule has 4 nitrogen and oxygen atoms in total. The first-order chi connectivity index (χ1) is 9.76. The van der Waals surface area contributed by atoms with Gasteiger partial charge in [-0.3, -0.25) is 0 Å². The molecule has 0 saturated heterocycles. The molecule has 0 bridgehead atoms. The molecule has 0 aliphatic rings. The lowest BCUT2D eigenvalue weighted by molar-refractivity contribution is 0.475. The molecule has 0 atom stereocenters.